The first-order chi connectivity index (χ1) is 14.0. The smallest absolute Gasteiger partial charge is 0.329 e. The first-order valence-corrected chi connectivity index (χ1v) is 9.82. The summed E-state index contributed by atoms with van der Waals surface area (Å²) in [5, 5.41) is 10.2. The van der Waals surface area contributed by atoms with Crippen LogP contribution in [0.15, 0.2) is 47.6 Å². The number of nitrogens with zero attached hydrogens (tertiary/aromatic N) is 1. The van der Waals surface area contributed by atoms with Gasteiger partial charge in [-0.25, -0.2) is 5.43 Å². The topological polar surface area (TPSA) is 91.8 Å². The number of hydrazone groups is 1. The Labute approximate surface area is 175 Å². The van der Waals surface area contributed by atoms with Crippen LogP contribution in [-0.4, -0.2) is 31.2 Å². The van der Waals surface area contributed by atoms with E-state index in [4.69, 9.17) is 16.3 Å². The highest BCUT2D eigenvalue weighted by molar-refractivity contribution is 6.35. The van der Waals surface area contributed by atoms with Gasteiger partial charge in [-0.2, -0.15) is 5.10 Å². The Morgan fingerprint density at radius 3 is 2.55 bits per heavy atom. The number of nitrogens with one attached hydrogen (secondary N) is 3. The van der Waals surface area contributed by atoms with Gasteiger partial charge < -0.3 is 15.4 Å². The summed E-state index contributed by atoms with van der Waals surface area (Å²) in [6.07, 6.45) is 3.17. The van der Waals surface area contributed by atoms with Gasteiger partial charge in [-0.15, -0.1) is 0 Å². The highest BCUT2D eigenvalue weighted by atomic mass is 35.5. The minimum atomic E-state index is -0.819. The number of hydrogen-bond donors (Lipinski definition) is 3. The Kier molecular flexibility index (Phi) is 8.98. The summed E-state index contributed by atoms with van der Waals surface area (Å²) in [5.41, 5.74) is 4.46. The largest absolute Gasteiger partial charge is 0.494 e. The quantitative estimate of drug-likeness (QED) is 0.250. The number of hydrogen-bond acceptors (Lipinski definition) is 5. The summed E-state index contributed by atoms with van der Waals surface area (Å²) in [5.74, 6) is -0.745. The number of rotatable bonds is 9. The fraction of sp³-hybridized carbons (Fsp3) is 0.286. The van der Waals surface area contributed by atoms with Crippen LogP contribution in [0.25, 0.3) is 0 Å². The standard InChI is InChI=1S/C21H25ClN4O3/c1-3-5-12-23-20(27)21(28)26-24-14-15-13-16(22)6-11-19(15)25-17-7-9-18(10-8-17)29-4-2/h6-11,13-14,25H,3-5,12H2,1-2H3,(H,23,27)(H,26,28)/b24-14-. The second-order valence-electron chi connectivity index (χ2n) is 6.12. The lowest BCUT2D eigenvalue weighted by molar-refractivity contribution is -0.139. The highest BCUT2D eigenvalue weighted by Crippen LogP contribution is 2.24. The summed E-state index contributed by atoms with van der Waals surface area (Å²) >= 11 is 6.08. The van der Waals surface area contributed by atoms with Crippen LogP contribution in [-0.2, 0) is 9.59 Å². The van der Waals surface area contributed by atoms with Crippen molar-refractivity contribution in [3.05, 3.63) is 53.1 Å². The summed E-state index contributed by atoms with van der Waals surface area (Å²) in [6, 6.07) is 12.8. The molecule has 2 amide bonds. The molecule has 0 bridgehead atoms. The van der Waals surface area contributed by atoms with Crippen molar-refractivity contribution >= 4 is 41.0 Å². The van der Waals surface area contributed by atoms with Crippen LogP contribution in [0.1, 0.15) is 32.3 Å². The summed E-state index contributed by atoms with van der Waals surface area (Å²) in [4.78, 5) is 23.4. The fourth-order valence-electron chi connectivity index (χ4n) is 2.38. The van der Waals surface area contributed by atoms with Crippen molar-refractivity contribution in [2.24, 2.45) is 5.10 Å². The Balaban J connectivity index is 2.03. The zero-order valence-corrected chi connectivity index (χ0v) is 17.3. The number of unbranched alkanes of at least 4 members (excludes halogenated alkanes) is 1. The van der Waals surface area contributed by atoms with E-state index in [0.29, 0.717) is 23.7 Å². The number of halogens is 1. The SMILES string of the molecule is CCCCNC(=O)C(=O)N/N=C\c1cc(Cl)ccc1Nc1ccc(OCC)cc1. The number of ether oxygens (including phenoxy) is 1. The van der Waals surface area contributed by atoms with Gasteiger partial charge >= 0.3 is 11.8 Å². The molecule has 29 heavy (non-hydrogen) atoms. The first kappa shape index (κ1) is 22.2. The molecular weight excluding hydrogens is 392 g/mol. The third-order valence-electron chi connectivity index (χ3n) is 3.85. The summed E-state index contributed by atoms with van der Waals surface area (Å²) in [7, 11) is 0. The van der Waals surface area contributed by atoms with E-state index in [1.165, 1.54) is 6.21 Å². The molecule has 0 aliphatic rings. The minimum Gasteiger partial charge on any atom is -0.494 e. The third-order valence-corrected chi connectivity index (χ3v) is 4.08. The zero-order chi connectivity index (χ0) is 21.1. The zero-order valence-electron chi connectivity index (χ0n) is 16.5. The van der Waals surface area contributed by atoms with E-state index < -0.39 is 11.8 Å². The molecule has 0 saturated heterocycles. The molecule has 0 radical (unpaired) electrons. The predicted octanol–water partition coefficient (Wildman–Crippen LogP) is 3.85. The molecule has 0 spiro atoms. The van der Waals surface area contributed by atoms with Crippen LogP contribution in [0.4, 0.5) is 11.4 Å². The molecule has 2 aromatic carbocycles. The molecule has 154 valence electrons. The molecule has 0 saturated carbocycles. The normalized spacial score (nSPS) is 10.6. The van der Waals surface area contributed by atoms with E-state index in [1.807, 2.05) is 38.1 Å². The van der Waals surface area contributed by atoms with E-state index in [1.54, 1.807) is 18.2 Å². The Morgan fingerprint density at radius 2 is 1.86 bits per heavy atom. The molecule has 0 heterocycles. The molecule has 8 heteroatoms. The Morgan fingerprint density at radius 1 is 1.10 bits per heavy atom. The van der Waals surface area contributed by atoms with Crippen molar-refractivity contribution in [1.82, 2.24) is 10.7 Å². The molecule has 0 aromatic heterocycles. The van der Waals surface area contributed by atoms with E-state index in [2.05, 4.69) is 21.2 Å². The molecule has 0 unspecified atom stereocenters. The van der Waals surface area contributed by atoms with Gasteiger partial charge in [0.2, 0.25) is 0 Å². The van der Waals surface area contributed by atoms with Gasteiger partial charge in [-0.05, 0) is 55.8 Å². The van der Waals surface area contributed by atoms with Gasteiger partial charge in [0.25, 0.3) is 0 Å². The van der Waals surface area contributed by atoms with Crippen molar-refractivity contribution in [2.45, 2.75) is 26.7 Å². The van der Waals surface area contributed by atoms with Gasteiger partial charge in [-0.1, -0.05) is 24.9 Å². The molecule has 0 aliphatic heterocycles. The maximum absolute atomic E-state index is 11.8. The monoisotopic (exact) mass is 416 g/mol. The minimum absolute atomic E-state index is 0.455. The molecule has 7 nitrogen and oxygen atoms in total. The maximum atomic E-state index is 11.8. The van der Waals surface area contributed by atoms with Crippen molar-refractivity contribution in [1.29, 1.82) is 0 Å². The van der Waals surface area contributed by atoms with E-state index >= 15 is 0 Å². The van der Waals surface area contributed by atoms with E-state index in [-0.39, 0.29) is 0 Å². The Hall–Kier alpha value is -3.06. The van der Waals surface area contributed by atoms with Crippen molar-refractivity contribution in [3.8, 4) is 5.75 Å². The molecule has 0 fully saturated rings. The van der Waals surface area contributed by atoms with Gasteiger partial charge in [0.1, 0.15) is 5.75 Å². The number of benzene rings is 2. The molecule has 3 N–H and O–H groups in total. The van der Waals surface area contributed by atoms with E-state index in [0.717, 1.165) is 30.0 Å². The van der Waals surface area contributed by atoms with Crippen LogP contribution < -0.4 is 20.8 Å². The average Bonchev–Trinajstić information content (AvgIpc) is 2.71. The maximum Gasteiger partial charge on any atom is 0.329 e. The lowest BCUT2D eigenvalue weighted by Crippen LogP contribution is -2.38. The lowest BCUT2D eigenvalue weighted by Gasteiger charge is -2.11. The van der Waals surface area contributed by atoms with Crippen LogP contribution in [0.2, 0.25) is 5.02 Å². The van der Waals surface area contributed by atoms with Gasteiger partial charge in [-0.3, -0.25) is 9.59 Å². The van der Waals surface area contributed by atoms with Gasteiger partial charge in [0, 0.05) is 28.5 Å². The molecular formula is C21H25ClN4O3. The summed E-state index contributed by atoms with van der Waals surface area (Å²) in [6.45, 7) is 4.99. The van der Waals surface area contributed by atoms with Crippen molar-refractivity contribution < 1.29 is 14.3 Å². The van der Waals surface area contributed by atoms with Gasteiger partial charge in [0.05, 0.1) is 12.8 Å². The van der Waals surface area contributed by atoms with Crippen molar-refractivity contribution in [2.75, 3.05) is 18.5 Å². The molecule has 2 aromatic rings. The number of anilines is 2. The molecule has 2 rings (SSSR count). The molecule has 0 atom stereocenters. The fourth-order valence-corrected chi connectivity index (χ4v) is 2.56. The van der Waals surface area contributed by atoms with Crippen LogP contribution in [0, 0.1) is 0 Å². The predicted molar refractivity (Wildman–Crippen MR) is 116 cm³/mol. The highest BCUT2D eigenvalue weighted by Gasteiger charge is 2.11. The average molecular weight is 417 g/mol. The van der Waals surface area contributed by atoms with Crippen LogP contribution in [0.5, 0.6) is 5.75 Å². The molecule has 0 aliphatic carbocycles. The second kappa shape index (κ2) is 11.7. The lowest BCUT2D eigenvalue weighted by atomic mass is 10.2. The van der Waals surface area contributed by atoms with Gasteiger partial charge in [0.15, 0.2) is 0 Å². The van der Waals surface area contributed by atoms with E-state index in [9.17, 15) is 9.59 Å². The van der Waals surface area contributed by atoms with Crippen LogP contribution in [0.3, 0.4) is 0 Å². The third kappa shape index (κ3) is 7.46. The van der Waals surface area contributed by atoms with Crippen molar-refractivity contribution in [3.63, 3.8) is 0 Å². The summed E-state index contributed by atoms with van der Waals surface area (Å²) < 4.78 is 5.44. The first-order valence-electron chi connectivity index (χ1n) is 9.44. The number of carbonyl (C=O) groups is 2. The Bertz CT molecular complexity index is 854. The number of amides is 2. The van der Waals surface area contributed by atoms with Crippen LogP contribution >= 0.6 is 11.6 Å². The second-order valence-corrected chi connectivity index (χ2v) is 6.56. The number of carbonyl (C=O) groups excluding carboxylic acids is 2.